The molecule has 1 aliphatic rings. The standard InChI is InChI=1S/C15H17FN2O/c16-13-7-8-14(12(9-13)10-17)18-15(19)11-5-3-1-2-4-6-11/h7-9,11H,1-6H2,(H,18,19). The average molecular weight is 260 g/mol. The van der Waals surface area contributed by atoms with Crippen molar-refractivity contribution >= 4 is 11.6 Å². The van der Waals surface area contributed by atoms with Crippen LogP contribution in [0, 0.1) is 23.1 Å². The fraction of sp³-hybridized carbons (Fsp3) is 0.467. The molecule has 1 aliphatic carbocycles. The Morgan fingerprint density at radius 2 is 1.95 bits per heavy atom. The number of amides is 1. The van der Waals surface area contributed by atoms with Crippen molar-refractivity contribution in [2.45, 2.75) is 38.5 Å². The van der Waals surface area contributed by atoms with Gasteiger partial charge in [0.05, 0.1) is 11.3 Å². The Morgan fingerprint density at radius 3 is 2.58 bits per heavy atom. The minimum Gasteiger partial charge on any atom is -0.325 e. The molecule has 1 fully saturated rings. The van der Waals surface area contributed by atoms with Gasteiger partial charge in [0.1, 0.15) is 11.9 Å². The summed E-state index contributed by atoms with van der Waals surface area (Å²) < 4.78 is 13.0. The first kappa shape index (κ1) is 13.5. The summed E-state index contributed by atoms with van der Waals surface area (Å²) in [7, 11) is 0. The van der Waals surface area contributed by atoms with Gasteiger partial charge in [0.2, 0.25) is 5.91 Å². The molecule has 1 aromatic rings. The molecule has 3 nitrogen and oxygen atoms in total. The van der Waals surface area contributed by atoms with Crippen LogP contribution in [-0.4, -0.2) is 5.91 Å². The van der Waals surface area contributed by atoms with Gasteiger partial charge in [-0.05, 0) is 31.0 Å². The number of rotatable bonds is 2. The summed E-state index contributed by atoms with van der Waals surface area (Å²) in [4.78, 5) is 12.2. The lowest BCUT2D eigenvalue weighted by Gasteiger charge is -2.14. The molecule has 4 heteroatoms. The number of hydrogen-bond donors (Lipinski definition) is 1. The molecule has 0 aromatic heterocycles. The molecule has 1 amide bonds. The van der Waals surface area contributed by atoms with Gasteiger partial charge in [0, 0.05) is 5.92 Å². The number of carbonyl (C=O) groups is 1. The number of hydrogen-bond acceptors (Lipinski definition) is 2. The predicted octanol–water partition coefficient (Wildman–Crippen LogP) is 3.61. The highest BCUT2D eigenvalue weighted by Crippen LogP contribution is 2.25. The van der Waals surface area contributed by atoms with Crippen molar-refractivity contribution in [1.29, 1.82) is 5.26 Å². The van der Waals surface area contributed by atoms with Crippen LogP contribution in [0.1, 0.15) is 44.1 Å². The number of halogens is 1. The van der Waals surface area contributed by atoms with E-state index in [2.05, 4.69) is 5.32 Å². The molecule has 0 radical (unpaired) electrons. The van der Waals surface area contributed by atoms with E-state index < -0.39 is 5.82 Å². The van der Waals surface area contributed by atoms with Crippen LogP contribution in [0.2, 0.25) is 0 Å². The number of nitriles is 1. The van der Waals surface area contributed by atoms with Crippen molar-refractivity contribution in [3.63, 3.8) is 0 Å². The summed E-state index contributed by atoms with van der Waals surface area (Å²) in [5, 5.41) is 11.7. The molecule has 0 heterocycles. The highest BCUT2D eigenvalue weighted by Gasteiger charge is 2.20. The Bertz CT molecular complexity index is 499. The first-order chi connectivity index (χ1) is 9.20. The van der Waals surface area contributed by atoms with E-state index in [0.29, 0.717) is 5.69 Å². The monoisotopic (exact) mass is 260 g/mol. The average Bonchev–Trinajstić information content (AvgIpc) is 2.69. The van der Waals surface area contributed by atoms with Gasteiger partial charge in [-0.15, -0.1) is 0 Å². The van der Waals surface area contributed by atoms with Gasteiger partial charge in [-0.25, -0.2) is 4.39 Å². The molecule has 19 heavy (non-hydrogen) atoms. The van der Waals surface area contributed by atoms with E-state index in [1.54, 1.807) is 0 Å². The van der Waals surface area contributed by atoms with Crippen molar-refractivity contribution in [2.24, 2.45) is 5.92 Å². The van der Waals surface area contributed by atoms with Crippen molar-refractivity contribution in [3.05, 3.63) is 29.6 Å². The fourth-order valence-electron chi connectivity index (χ4n) is 2.49. The predicted molar refractivity (Wildman–Crippen MR) is 70.9 cm³/mol. The second kappa shape index (κ2) is 6.33. The van der Waals surface area contributed by atoms with Gasteiger partial charge in [-0.1, -0.05) is 25.7 Å². The van der Waals surface area contributed by atoms with Gasteiger partial charge in [-0.3, -0.25) is 4.79 Å². The Morgan fingerprint density at radius 1 is 1.26 bits per heavy atom. The fourth-order valence-corrected chi connectivity index (χ4v) is 2.49. The van der Waals surface area contributed by atoms with E-state index in [4.69, 9.17) is 5.26 Å². The lowest BCUT2D eigenvalue weighted by molar-refractivity contribution is -0.120. The third-order valence-electron chi connectivity index (χ3n) is 3.59. The highest BCUT2D eigenvalue weighted by atomic mass is 19.1. The highest BCUT2D eigenvalue weighted by molar-refractivity contribution is 5.93. The van der Waals surface area contributed by atoms with Crippen molar-refractivity contribution in [3.8, 4) is 6.07 Å². The van der Waals surface area contributed by atoms with E-state index in [0.717, 1.165) is 31.7 Å². The van der Waals surface area contributed by atoms with Gasteiger partial charge in [-0.2, -0.15) is 5.26 Å². The van der Waals surface area contributed by atoms with E-state index in [-0.39, 0.29) is 17.4 Å². The Balaban J connectivity index is 2.08. The maximum absolute atomic E-state index is 13.0. The molecule has 0 spiro atoms. The van der Waals surface area contributed by atoms with Crippen LogP contribution < -0.4 is 5.32 Å². The minimum absolute atomic E-state index is 0.0131. The van der Waals surface area contributed by atoms with Gasteiger partial charge < -0.3 is 5.32 Å². The number of anilines is 1. The maximum Gasteiger partial charge on any atom is 0.227 e. The summed E-state index contributed by atoms with van der Waals surface area (Å²) in [5.41, 5.74) is 0.570. The zero-order chi connectivity index (χ0) is 13.7. The zero-order valence-corrected chi connectivity index (χ0v) is 10.8. The minimum atomic E-state index is -0.469. The quantitative estimate of drug-likeness (QED) is 0.826. The third kappa shape index (κ3) is 3.54. The molecule has 0 aliphatic heterocycles. The molecule has 100 valence electrons. The number of carbonyl (C=O) groups excluding carboxylic acids is 1. The summed E-state index contributed by atoms with van der Waals surface area (Å²) in [6.45, 7) is 0. The number of nitrogens with one attached hydrogen (secondary N) is 1. The van der Waals surface area contributed by atoms with Crippen LogP contribution in [0.15, 0.2) is 18.2 Å². The number of benzene rings is 1. The Labute approximate surface area is 112 Å². The van der Waals surface area contributed by atoms with Crippen LogP contribution in [-0.2, 0) is 4.79 Å². The summed E-state index contributed by atoms with van der Waals surface area (Å²) in [5.74, 6) is -0.506. The molecule has 0 saturated heterocycles. The molecular weight excluding hydrogens is 243 g/mol. The summed E-state index contributed by atoms with van der Waals surface area (Å²) >= 11 is 0. The van der Waals surface area contributed by atoms with Crippen molar-refractivity contribution in [2.75, 3.05) is 5.32 Å². The van der Waals surface area contributed by atoms with E-state index in [1.165, 1.54) is 25.0 Å². The molecule has 1 saturated carbocycles. The van der Waals surface area contributed by atoms with Gasteiger partial charge in [0.15, 0.2) is 0 Å². The van der Waals surface area contributed by atoms with Crippen molar-refractivity contribution in [1.82, 2.24) is 0 Å². The maximum atomic E-state index is 13.0. The van der Waals surface area contributed by atoms with Crippen LogP contribution >= 0.6 is 0 Å². The van der Waals surface area contributed by atoms with E-state index >= 15 is 0 Å². The summed E-state index contributed by atoms with van der Waals surface area (Å²) in [6.07, 6.45) is 6.32. The first-order valence-electron chi connectivity index (χ1n) is 6.71. The van der Waals surface area contributed by atoms with E-state index in [9.17, 15) is 9.18 Å². The van der Waals surface area contributed by atoms with Crippen molar-refractivity contribution < 1.29 is 9.18 Å². The van der Waals surface area contributed by atoms with Gasteiger partial charge >= 0.3 is 0 Å². The molecular formula is C15H17FN2O. The molecule has 0 bridgehead atoms. The van der Waals surface area contributed by atoms with Crippen LogP contribution in [0.5, 0.6) is 0 Å². The van der Waals surface area contributed by atoms with Crippen LogP contribution in [0.3, 0.4) is 0 Å². The normalized spacial score (nSPS) is 16.4. The Hall–Kier alpha value is -1.89. The second-order valence-electron chi connectivity index (χ2n) is 4.98. The number of nitrogens with zero attached hydrogens (tertiary/aromatic N) is 1. The molecule has 1 aromatic carbocycles. The molecule has 2 rings (SSSR count). The topological polar surface area (TPSA) is 52.9 Å². The summed E-state index contributed by atoms with van der Waals surface area (Å²) in [6, 6.07) is 5.74. The van der Waals surface area contributed by atoms with E-state index in [1.807, 2.05) is 6.07 Å². The lowest BCUT2D eigenvalue weighted by Crippen LogP contribution is -2.22. The SMILES string of the molecule is N#Cc1cc(F)ccc1NC(=O)C1CCCCCC1. The van der Waals surface area contributed by atoms with Gasteiger partial charge in [0.25, 0.3) is 0 Å². The first-order valence-corrected chi connectivity index (χ1v) is 6.71. The molecule has 0 atom stereocenters. The third-order valence-corrected chi connectivity index (χ3v) is 3.59. The smallest absolute Gasteiger partial charge is 0.227 e. The lowest BCUT2D eigenvalue weighted by atomic mass is 9.99. The van der Waals surface area contributed by atoms with Crippen LogP contribution in [0.25, 0.3) is 0 Å². The Kier molecular flexibility index (Phi) is 4.51. The zero-order valence-electron chi connectivity index (χ0n) is 10.8. The molecule has 0 unspecified atom stereocenters. The second-order valence-corrected chi connectivity index (χ2v) is 4.98. The van der Waals surface area contributed by atoms with Crippen LogP contribution in [0.4, 0.5) is 10.1 Å². The molecule has 1 N–H and O–H groups in total. The largest absolute Gasteiger partial charge is 0.325 e.